The maximum absolute atomic E-state index is 12.0. The summed E-state index contributed by atoms with van der Waals surface area (Å²) in [4.78, 5) is 16.1. The number of allylic oxidation sites excluding steroid dienone is 1. The molecule has 2 heterocycles. The molecule has 1 aliphatic carbocycles. The molecule has 3 rings (SSSR count). The average Bonchev–Trinajstić information content (AvgIpc) is 3.02. The first-order valence-corrected chi connectivity index (χ1v) is 9.60. The number of rotatable bonds is 7. The number of hydrogen-bond acceptors (Lipinski definition) is 5. The van der Waals surface area contributed by atoms with Crippen LogP contribution in [0.15, 0.2) is 41.3 Å². The Labute approximate surface area is 152 Å². The number of pyridine rings is 1. The fourth-order valence-electron chi connectivity index (χ4n) is 2.86. The summed E-state index contributed by atoms with van der Waals surface area (Å²) in [5.74, 6) is 1.13. The van der Waals surface area contributed by atoms with E-state index in [9.17, 15) is 4.79 Å². The summed E-state index contributed by atoms with van der Waals surface area (Å²) in [7, 11) is 1.90. The first-order valence-electron chi connectivity index (χ1n) is 8.61. The van der Waals surface area contributed by atoms with Crippen LogP contribution >= 0.6 is 11.8 Å². The monoisotopic (exact) mass is 357 g/mol. The number of nitrogens with one attached hydrogen (secondary N) is 1. The molecule has 0 aliphatic heterocycles. The van der Waals surface area contributed by atoms with E-state index in [0.717, 1.165) is 23.0 Å². The van der Waals surface area contributed by atoms with E-state index in [-0.39, 0.29) is 5.91 Å². The largest absolute Gasteiger partial charge is 0.355 e. The molecule has 0 fully saturated rings. The number of thioether (sulfide) groups is 1. The molecule has 0 saturated heterocycles. The maximum atomic E-state index is 12.0. The Hall–Kier alpha value is -2.15. The lowest BCUT2D eigenvalue weighted by molar-refractivity contribution is -0.118. The number of amides is 1. The second-order valence-corrected chi connectivity index (χ2v) is 7.05. The van der Waals surface area contributed by atoms with Gasteiger partial charge in [-0.15, -0.1) is 10.2 Å². The number of carbonyl (C=O) groups excluding carboxylic acids is 1. The highest BCUT2D eigenvalue weighted by atomic mass is 32.2. The predicted octanol–water partition coefficient (Wildman–Crippen LogP) is 2.98. The molecule has 0 spiro atoms. The van der Waals surface area contributed by atoms with Gasteiger partial charge in [0, 0.05) is 31.5 Å². The van der Waals surface area contributed by atoms with Crippen molar-refractivity contribution >= 4 is 17.7 Å². The van der Waals surface area contributed by atoms with E-state index >= 15 is 0 Å². The first-order chi connectivity index (χ1) is 12.2. The molecular formula is C18H23N5OS. The third-order valence-corrected chi connectivity index (χ3v) is 5.26. The highest BCUT2D eigenvalue weighted by Crippen LogP contribution is 2.22. The Morgan fingerprint density at radius 1 is 1.36 bits per heavy atom. The third kappa shape index (κ3) is 4.92. The van der Waals surface area contributed by atoms with Crippen LogP contribution < -0.4 is 5.32 Å². The van der Waals surface area contributed by atoms with Crippen molar-refractivity contribution in [3.8, 4) is 11.4 Å². The molecule has 2 aromatic rings. The molecule has 132 valence electrons. The van der Waals surface area contributed by atoms with Gasteiger partial charge in [-0.2, -0.15) is 0 Å². The van der Waals surface area contributed by atoms with E-state index in [0.29, 0.717) is 12.3 Å². The van der Waals surface area contributed by atoms with Crippen molar-refractivity contribution in [2.45, 2.75) is 37.3 Å². The SMILES string of the molecule is Cn1c(SCC(=O)NCCC2=CCCCC2)nnc1-c1cccnc1. The number of aromatic nitrogens is 4. The molecule has 2 aromatic heterocycles. The number of hydrogen-bond donors (Lipinski definition) is 1. The molecule has 25 heavy (non-hydrogen) atoms. The van der Waals surface area contributed by atoms with Crippen molar-refractivity contribution in [3.63, 3.8) is 0 Å². The highest BCUT2D eigenvalue weighted by Gasteiger charge is 2.13. The third-order valence-electron chi connectivity index (χ3n) is 4.24. The van der Waals surface area contributed by atoms with Crippen LogP contribution in [0.25, 0.3) is 11.4 Å². The van der Waals surface area contributed by atoms with Crippen molar-refractivity contribution in [1.29, 1.82) is 0 Å². The standard InChI is InChI=1S/C18H23N5OS/c1-23-17(15-8-5-10-19-12-15)21-22-18(23)25-13-16(24)20-11-9-14-6-3-2-4-7-14/h5-6,8,10,12H,2-4,7,9,11,13H2,1H3,(H,20,24). The molecule has 6 nitrogen and oxygen atoms in total. The van der Waals surface area contributed by atoms with Crippen molar-refractivity contribution in [3.05, 3.63) is 36.2 Å². The molecular weight excluding hydrogens is 334 g/mol. The Bertz CT molecular complexity index is 741. The summed E-state index contributed by atoms with van der Waals surface area (Å²) >= 11 is 1.40. The minimum Gasteiger partial charge on any atom is -0.355 e. The summed E-state index contributed by atoms with van der Waals surface area (Å²) in [6, 6.07) is 3.81. The predicted molar refractivity (Wildman–Crippen MR) is 99.1 cm³/mol. The molecule has 7 heteroatoms. The second-order valence-electron chi connectivity index (χ2n) is 6.10. The van der Waals surface area contributed by atoms with Gasteiger partial charge in [-0.25, -0.2) is 0 Å². The van der Waals surface area contributed by atoms with Crippen LogP contribution in [-0.4, -0.2) is 38.0 Å². The molecule has 0 unspecified atom stereocenters. The summed E-state index contributed by atoms with van der Waals surface area (Å²) < 4.78 is 1.89. The molecule has 0 atom stereocenters. The zero-order valence-corrected chi connectivity index (χ0v) is 15.3. The fourth-order valence-corrected chi connectivity index (χ4v) is 3.60. The van der Waals surface area contributed by atoms with Crippen molar-refractivity contribution in [2.24, 2.45) is 7.05 Å². The molecule has 1 N–H and O–H groups in total. The van der Waals surface area contributed by atoms with Gasteiger partial charge in [-0.05, 0) is 44.2 Å². The van der Waals surface area contributed by atoms with Crippen LogP contribution in [0.3, 0.4) is 0 Å². The van der Waals surface area contributed by atoms with Crippen LogP contribution in [0.1, 0.15) is 32.1 Å². The minimum absolute atomic E-state index is 0.0346. The van der Waals surface area contributed by atoms with E-state index < -0.39 is 0 Å². The van der Waals surface area contributed by atoms with Gasteiger partial charge in [0.2, 0.25) is 5.91 Å². The molecule has 1 aliphatic rings. The van der Waals surface area contributed by atoms with Gasteiger partial charge >= 0.3 is 0 Å². The van der Waals surface area contributed by atoms with Gasteiger partial charge in [-0.1, -0.05) is 23.4 Å². The van der Waals surface area contributed by atoms with E-state index in [2.05, 4.69) is 26.6 Å². The maximum Gasteiger partial charge on any atom is 0.230 e. The van der Waals surface area contributed by atoms with Crippen LogP contribution in [0, 0.1) is 0 Å². The Morgan fingerprint density at radius 2 is 2.28 bits per heavy atom. The smallest absolute Gasteiger partial charge is 0.230 e. The Kier molecular flexibility index (Phi) is 6.22. The van der Waals surface area contributed by atoms with Crippen molar-refractivity contribution in [1.82, 2.24) is 25.1 Å². The zero-order valence-electron chi connectivity index (χ0n) is 14.4. The van der Waals surface area contributed by atoms with Gasteiger partial charge in [0.25, 0.3) is 0 Å². The van der Waals surface area contributed by atoms with Crippen molar-refractivity contribution in [2.75, 3.05) is 12.3 Å². The second kappa shape index (κ2) is 8.80. The first kappa shape index (κ1) is 17.7. The Morgan fingerprint density at radius 3 is 3.04 bits per heavy atom. The zero-order chi connectivity index (χ0) is 17.5. The van der Waals surface area contributed by atoms with Gasteiger partial charge in [0.1, 0.15) is 0 Å². The average molecular weight is 357 g/mol. The van der Waals surface area contributed by atoms with E-state index in [1.54, 1.807) is 12.4 Å². The molecule has 1 amide bonds. The summed E-state index contributed by atoms with van der Waals surface area (Å²) in [6.07, 6.45) is 11.7. The van der Waals surface area contributed by atoms with Gasteiger partial charge < -0.3 is 9.88 Å². The van der Waals surface area contributed by atoms with Crippen LogP contribution in [0.2, 0.25) is 0 Å². The quantitative estimate of drug-likeness (QED) is 0.609. The summed E-state index contributed by atoms with van der Waals surface area (Å²) in [5, 5.41) is 12.1. The van der Waals surface area contributed by atoms with Gasteiger partial charge in [0.05, 0.1) is 5.75 Å². The fraction of sp³-hybridized carbons (Fsp3) is 0.444. The van der Waals surface area contributed by atoms with Crippen molar-refractivity contribution < 1.29 is 4.79 Å². The Balaban J connectivity index is 1.46. The van der Waals surface area contributed by atoms with Crippen LogP contribution in [0.4, 0.5) is 0 Å². The topological polar surface area (TPSA) is 72.7 Å². The molecule has 0 saturated carbocycles. The van der Waals surface area contributed by atoms with Crippen LogP contribution in [-0.2, 0) is 11.8 Å². The lowest BCUT2D eigenvalue weighted by Crippen LogP contribution is -2.26. The molecule has 0 radical (unpaired) electrons. The van der Waals surface area contributed by atoms with Gasteiger partial charge in [0.15, 0.2) is 11.0 Å². The summed E-state index contributed by atoms with van der Waals surface area (Å²) in [6.45, 7) is 0.713. The molecule has 0 aromatic carbocycles. The molecule has 0 bridgehead atoms. The van der Waals surface area contributed by atoms with Crippen LogP contribution in [0.5, 0.6) is 0 Å². The number of nitrogens with zero attached hydrogens (tertiary/aromatic N) is 4. The summed E-state index contributed by atoms with van der Waals surface area (Å²) in [5.41, 5.74) is 2.39. The van der Waals surface area contributed by atoms with E-state index in [1.165, 1.54) is 43.0 Å². The highest BCUT2D eigenvalue weighted by molar-refractivity contribution is 7.99. The normalized spacial score (nSPS) is 14.2. The minimum atomic E-state index is 0.0346. The lowest BCUT2D eigenvalue weighted by atomic mass is 9.97. The van der Waals surface area contributed by atoms with E-state index in [4.69, 9.17) is 0 Å². The lowest BCUT2D eigenvalue weighted by Gasteiger charge is -2.12. The van der Waals surface area contributed by atoms with Gasteiger partial charge in [-0.3, -0.25) is 9.78 Å². The van der Waals surface area contributed by atoms with E-state index in [1.807, 2.05) is 23.7 Å². The number of carbonyl (C=O) groups is 1.